The number of aliphatic hydroxyl groups is 1. The number of anilines is 1. The van der Waals surface area contributed by atoms with Gasteiger partial charge in [0, 0.05) is 62.5 Å². The number of fused-ring (bicyclic) bond motifs is 2. The van der Waals surface area contributed by atoms with Crippen molar-refractivity contribution in [3.05, 3.63) is 94.4 Å². The van der Waals surface area contributed by atoms with Gasteiger partial charge in [-0.3, -0.25) is 4.79 Å². The number of likely N-dealkylation sites (tertiary alicyclic amines) is 2. The third-order valence-corrected chi connectivity index (χ3v) is 9.47. The largest absolute Gasteiger partial charge is 0.385 e. The first-order valence-corrected chi connectivity index (χ1v) is 14.9. The van der Waals surface area contributed by atoms with E-state index in [2.05, 4.69) is 22.9 Å². The monoisotopic (exact) mass is 570 g/mol. The second kappa shape index (κ2) is 10.4. The molecule has 2 aromatic heterocycles. The average molecular weight is 571 g/mol. The Kier molecular flexibility index (Phi) is 6.72. The molecule has 2 unspecified atom stereocenters. The van der Waals surface area contributed by atoms with E-state index in [0.717, 1.165) is 60.0 Å². The summed E-state index contributed by atoms with van der Waals surface area (Å²) in [4.78, 5) is 24.7. The van der Waals surface area contributed by atoms with Crippen molar-refractivity contribution < 1.29 is 9.90 Å². The lowest BCUT2D eigenvalue weighted by Gasteiger charge is -2.39. The van der Waals surface area contributed by atoms with Crippen LogP contribution in [-0.2, 0) is 12.0 Å². The van der Waals surface area contributed by atoms with E-state index in [4.69, 9.17) is 21.7 Å². The van der Waals surface area contributed by atoms with Crippen molar-refractivity contribution in [2.24, 2.45) is 11.8 Å². The van der Waals surface area contributed by atoms with Gasteiger partial charge in [-0.05, 0) is 79.3 Å². The fourth-order valence-electron chi connectivity index (χ4n) is 6.95. The zero-order valence-corrected chi connectivity index (χ0v) is 24.0. The molecule has 2 aromatic carbocycles. The quantitative estimate of drug-likeness (QED) is 0.389. The summed E-state index contributed by atoms with van der Waals surface area (Å²) in [6.07, 6.45) is 3.76. The number of hydrogen-bond donors (Lipinski definition) is 1. The SMILES string of the molecule is CN1CC2CN(C(=O)c3ccc(Cc4nc5c(N6CCC(O)(c7ccc(Cl)cc7)CC6)cccn5n4)cc3)CC2C1. The molecule has 0 aliphatic carbocycles. The van der Waals surface area contributed by atoms with E-state index < -0.39 is 5.60 Å². The van der Waals surface area contributed by atoms with E-state index in [9.17, 15) is 9.90 Å². The Hall–Kier alpha value is -3.46. The van der Waals surface area contributed by atoms with Gasteiger partial charge in [0.25, 0.3) is 5.91 Å². The van der Waals surface area contributed by atoms with Crippen molar-refractivity contribution in [1.82, 2.24) is 24.4 Å². The summed E-state index contributed by atoms with van der Waals surface area (Å²) in [5.41, 5.74) is 3.71. The van der Waals surface area contributed by atoms with Crippen LogP contribution in [0.1, 0.15) is 40.2 Å². The second-order valence-corrected chi connectivity index (χ2v) is 12.5. The standard InChI is InChI=1S/C32H35ClN6O2/c1-36-18-24-20-38(21-25(24)19-36)31(40)23-6-4-22(5-7-23)17-29-34-30-28(3-2-14-39(30)35-29)37-15-12-32(41,13-16-37)26-8-10-27(33)11-9-26/h2-11,14,24-25,41H,12-13,15-21H2,1H3. The van der Waals surface area contributed by atoms with Gasteiger partial charge in [0.1, 0.15) is 0 Å². The number of carbonyl (C=O) groups is 1. The Morgan fingerprint density at radius 2 is 1.66 bits per heavy atom. The molecule has 41 heavy (non-hydrogen) atoms. The lowest BCUT2D eigenvalue weighted by Crippen LogP contribution is -2.42. The van der Waals surface area contributed by atoms with Gasteiger partial charge in [-0.15, -0.1) is 0 Å². The Labute approximate surface area is 245 Å². The molecule has 3 aliphatic heterocycles. The maximum atomic E-state index is 13.1. The second-order valence-electron chi connectivity index (χ2n) is 12.0. The molecule has 5 heterocycles. The summed E-state index contributed by atoms with van der Waals surface area (Å²) in [7, 11) is 2.17. The van der Waals surface area contributed by atoms with Crippen molar-refractivity contribution >= 4 is 28.8 Å². The number of piperidine rings is 1. The first-order chi connectivity index (χ1) is 19.8. The summed E-state index contributed by atoms with van der Waals surface area (Å²) in [5, 5.41) is 16.7. The molecule has 3 fully saturated rings. The van der Waals surface area contributed by atoms with Crippen LogP contribution < -0.4 is 4.90 Å². The fraction of sp³-hybridized carbons (Fsp3) is 0.406. The highest BCUT2D eigenvalue weighted by Gasteiger charge is 2.40. The van der Waals surface area contributed by atoms with Crippen LogP contribution in [0.4, 0.5) is 5.69 Å². The Morgan fingerprint density at radius 1 is 0.976 bits per heavy atom. The van der Waals surface area contributed by atoms with Gasteiger partial charge in [0.05, 0.1) is 11.3 Å². The maximum Gasteiger partial charge on any atom is 0.253 e. The van der Waals surface area contributed by atoms with Crippen LogP contribution in [0, 0.1) is 11.8 Å². The van der Waals surface area contributed by atoms with Gasteiger partial charge < -0.3 is 19.8 Å². The summed E-state index contributed by atoms with van der Waals surface area (Å²) in [6, 6.07) is 19.5. The van der Waals surface area contributed by atoms with Crippen LogP contribution in [0.2, 0.25) is 5.02 Å². The summed E-state index contributed by atoms with van der Waals surface area (Å²) in [6.45, 7) is 5.33. The van der Waals surface area contributed by atoms with Crippen LogP contribution >= 0.6 is 11.6 Å². The molecule has 3 saturated heterocycles. The Balaban J connectivity index is 1.02. The van der Waals surface area contributed by atoms with Crippen molar-refractivity contribution in [3.63, 3.8) is 0 Å². The number of pyridine rings is 1. The molecular weight excluding hydrogens is 536 g/mol. The highest BCUT2D eigenvalue weighted by atomic mass is 35.5. The average Bonchev–Trinajstić information content (AvgIpc) is 3.66. The normalized spacial score (nSPS) is 22.4. The Morgan fingerprint density at radius 3 is 2.34 bits per heavy atom. The van der Waals surface area contributed by atoms with Gasteiger partial charge in [0.2, 0.25) is 0 Å². The number of carbonyl (C=O) groups excluding carboxylic acids is 1. The molecule has 0 saturated carbocycles. The molecular formula is C32H35ClN6O2. The summed E-state index contributed by atoms with van der Waals surface area (Å²) in [5.74, 6) is 2.08. The van der Waals surface area contributed by atoms with Gasteiger partial charge in [-0.25, -0.2) is 9.50 Å². The van der Waals surface area contributed by atoms with Crippen LogP contribution in [0.15, 0.2) is 66.9 Å². The highest BCUT2D eigenvalue weighted by molar-refractivity contribution is 6.30. The predicted octanol–water partition coefficient (Wildman–Crippen LogP) is 4.10. The van der Waals surface area contributed by atoms with Crippen LogP contribution in [0.25, 0.3) is 5.65 Å². The first kappa shape index (κ1) is 26.4. The number of nitrogens with zero attached hydrogens (tertiary/aromatic N) is 6. The maximum absolute atomic E-state index is 13.1. The molecule has 1 N–H and O–H groups in total. The predicted molar refractivity (Wildman–Crippen MR) is 159 cm³/mol. The number of benzene rings is 2. The lowest BCUT2D eigenvalue weighted by molar-refractivity contribution is 0.0118. The fourth-order valence-corrected chi connectivity index (χ4v) is 7.07. The van der Waals surface area contributed by atoms with E-state index in [1.807, 2.05) is 70.2 Å². The first-order valence-electron chi connectivity index (χ1n) is 14.5. The topological polar surface area (TPSA) is 77.2 Å². The molecule has 8 nitrogen and oxygen atoms in total. The van der Waals surface area contributed by atoms with Gasteiger partial charge in [0.15, 0.2) is 11.5 Å². The van der Waals surface area contributed by atoms with Gasteiger partial charge in [-0.1, -0.05) is 35.9 Å². The van der Waals surface area contributed by atoms with Crippen molar-refractivity contribution in [2.75, 3.05) is 51.2 Å². The van der Waals surface area contributed by atoms with Gasteiger partial charge >= 0.3 is 0 Å². The van der Waals surface area contributed by atoms with Crippen molar-refractivity contribution in [2.45, 2.75) is 24.9 Å². The minimum atomic E-state index is -0.858. The smallest absolute Gasteiger partial charge is 0.253 e. The lowest BCUT2D eigenvalue weighted by atomic mass is 9.84. The van der Waals surface area contributed by atoms with Gasteiger partial charge in [-0.2, -0.15) is 5.10 Å². The number of hydrogen-bond acceptors (Lipinski definition) is 6. The zero-order chi connectivity index (χ0) is 28.1. The third-order valence-electron chi connectivity index (χ3n) is 9.22. The third kappa shape index (κ3) is 5.09. The molecule has 1 amide bonds. The molecule has 4 aromatic rings. The minimum Gasteiger partial charge on any atom is -0.385 e. The molecule has 9 heteroatoms. The number of aromatic nitrogens is 3. The number of amides is 1. The highest BCUT2D eigenvalue weighted by Crippen LogP contribution is 2.36. The van der Waals surface area contributed by atoms with Crippen molar-refractivity contribution in [3.8, 4) is 0 Å². The zero-order valence-electron chi connectivity index (χ0n) is 23.3. The van der Waals surface area contributed by atoms with E-state index in [0.29, 0.717) is 49.2 Å². The number of halogens is 1. The van der Waals surface area contributed by atoms with Crippen LogP contribution in [-0.4, -0.2) is 81.7 Å². The Bertz CT molecular complexity index is 1550. The minimum absolute atomic E-state index is 0.133. The molecule has 3 aliphatic rings. The summed E-state index contributed by atoms with van der Waals surface area (Å²) >= 11 is 6.05. The molecule has 7 rings (SSSR count). The molecule has 0 radical (unpaired) electrons. The van der Waals surface area contributed by atoms with E-state index in [1.165, 1.54) is 0 Å². The van der Waals surface area contributed by atoms with E-state index in [-0.39, 0.29) is 5.91 Å². The molecule has 0 spiro atoms. The van der Waals surface area contributed by atoms with Crippen LogP contribution in [0.5, 0.6) is 0 Å². The van der Waals surface area contributed by atoms with Crippen molar-refractivity contribution in [1.29, 1.82) is 0 Å². The van der Waals surface area contributed by atoms with E-state index in [1.54, 1.807) is 0 Å². The van der Waals surface area contributed by atoms with Crippen LogP contribution in [0.3, 0.4) is 0 Å². The molecule has 0 bridgehead atoms. The number of rotatable bonds is 5. The molecule has 212 valence electrons. The van der Waals surface area contributed by atoms with E-state index >= 15 is 0 Å². The summed E-state index contributed by atoms with van der Waals surface area (Å²) < 4.78 is 1.84. The molecule has 2 atom stereocenters.